The Morgan fingerprint density at radius 3 is 2.61 bits per heavy atom. The number of fused-ring (bicyclic) bond motifs is 1. The molecule has 3 heterocycles. The Hall–Kier alpha value is -3.19. The molecule has 5 rings (SSSR count). The molecular formula is C24H27N5O2. The van der Waals surface area contributed by atoms with Crippen molar-refractivity contribution in [3.63, 3.8) is 0 Å². The van der Waals surface area contributed by atoms with E-state index in [4.69, 9.17) is 14.7 Å². The van der Waals surface area contributed by atoms with Crippen LogP contribution in [-0.4, -0.2) is 42.6 Å². The van der Waals surface area contributed by atoms with Gasteiger partial charge in [-0.3, -0.25) is 0 Å². The number of aryl methyl sites for hydroxylation is 2. The van der Waals surface area contributed by atoms with Gasteiger partial charge >= 0.3 is 0 Å². The molecule has 7 nitrogen and oxygen atoms in total. The summed E-state index contributed by atoms with van der Waals surface area (Å²) >= 11 is 0. The highest BCUT2D eigenvalue weighted by Crippen LogP contribution is 2.36. The summed E-state index contributed by atoms with van der Waals surface area (Å²) in [5.74, 6) is 0.739. The van der Waals surface area contributed by atoms with E-state index in [0.29, 0.717) is 6.04 Å². The average molecular weight is 418 g/mol. The van der Waals surface area contributed by atoms with Crippen LogP contribution >= 0.6 is 0 Å². The fourth-order valence-corrected chi connectivity index (χ4v) is 4.59. The van der Waals surface area contributed by atoms with Crippen LogP contribution in [0.1, 0.15) is 43.0 Å². The van der Waals surface area contributed by atoms with Crippen molar-refractivity contribution in [2.45, 2.75) is 51.7 Å². The Morgan fingerprint density at radius 2 is 1.90 bits per heavy atom. The number of hydrogen-bond acceptors (Lipinski definition) is 5. The highest BCUT2D eigenvalue weighted by atomic mass is 16.5. The Kier molecular flexibility index (Phi) is 4.98. The third-order valence-corrected chi connectivity index (χ3v) is 6.27. The first-order valence-electron chi connectivity index (χ1n) is 10.8. The Morgan fingerprint density at radius 1 is 1.10 bits per heavy atom. The molecule has 0 amide bonds. The number of methoxy groups -OCH3 is 1. The van der Waals surface area contributed by atoms with Crippen LogP contribution in [0.5, 0.6) is 5.75 Å². The summed E-state index contributed by atoms with van der Waals surface area (Å²) in [5.41, 5.74) is 6.50. The summed E-state index contributed by atoms with van der Waals surface area (Å²) in [7, 11) is 1.67. The predicted octanol–water partition coefficient (Wildman–Crippen LogP) is 4.39. The summed E-state index contributed by atoms with van der Waals surface area (Å²) < 4.78 is 9.78. The minimum Gasteiger partial charge on any atom is -0.496 e. The van der Waals surface area contributed by atoms with Crippen LogP contribution in [-0.2, 0) is 0 Å². The zero-order valence-corrected chi connectivity index (χ0v) is 18.1. The topological polar surface area (TPSA) is 78.0 Å². The van der Waals surface area contributed by atoms with Gasteiger partial charge in [0.2, 0.25) is 0 Å². The molecule has 3 aromatic heterocycles. The summed E-state index contributed by atoms with van der Waals surface area (Å²) in [6.45, 7) is 4.09. The molecule has 0 aliphatic heterocycles. The first kappa shape index (κ1) is 19.8. The van der Waals surface area contributed by atoms with E-state index >= 15 is 0 Å². The van der Waals surface area contributed by atoms with Crippen LogP contribution in [0.4, 0.5) is 0 Å². The van der Waals surface area contributed by atoms with E-state index in [1.54, 1.807) is 18.0 Å². The molecule has 1 fully saturated rings. The number of benzene rings is 1. The number of rotatable bonds is 4. The first-order valence-corrected chi connectivity index (χ1v) is 10.8. The van der Waals surface area contributed by atoms with Crippen molar-refractivity contribution in [3.8, 4) is 22.7 Å². The zero-order valence-electron chi connectivity index (χ0n) is 18.1. The van der Waals surface area contributed by atoms with E-state index in [1.807, 2.05) is 37.4 Å². The van der Waals surface area contributed by atoms with E-state index in [2.05, 4.69) is 22.8 Å². The molecule has 4 aromatic rings. The van der Waals surface area contributed by atoms with E-state index < -0.39 is 0 Å². The van der Waals surface area contributed by atoms with Crippen LogP contribution in [0.3, 0.4) is 0 Å². The Balaban J connectivity index is 1.58. The lowest BCUT2D eigenvalue weighted by Crippen LogP contribution is -2.20. The average Bonchev–Trinajstić information content (AvgIpc) is 3.42. The van der Waals surface area contributed by atoms with Crippen LogP contribution in [0, 0.1) is 13.8 Å². The van der Waals surface area contributed by atoms with Crippen molar-refractivity contribution < 1.29 is 9.84 Å². The van der Waals surface area contributed by atoms with Crippen LogP contribution in [0.2, 0.25) is 0 Å². The lowest BCUT2D eigenvalue weighted by Gasteiger charge is -2.27. The van der Waals surface area contributed by atoms with Gasteiger partial charge in [-0.1, -0.05) is 0 Å². The number of hydrogen-bond donors (Lipinski definition) is 1. The van der Waals surface area contributed by atoms with Gasteiger partial charge in [0.15, 0.2) is 5.65 Å². The number of aliphatic hydroxyl groups excluding tert-OH is 1. The molecule has 1 aliphatic carbocycles. The normalized spacial score (nSPS) is 19.1. The van der Waals surface area contributed by atoms with Crippen molar-refractivity contribution >= 4 is 11.2 Å². The highest BCUT2D eigenvalue weighted by molar-refractivity contribution is 5.81. The second-order valence-electron chi connectivity index (χ2n) is 8.35. The quantitative estimate of drug-likeness (QED) is 0.533. The van der Waals surface area contributed by atoms with Crippen LogP contribution in [0.15, 0.2) is 42.9 Å². The molecule has 1 saturated carbocycles. The standard InChI is InChI=1S/C24H27N5O2/c1-15-14-28(17-5-8-19(30)9-6-17)24-22(15)27-23(16(2)26-24)20-10-7-18(13-21(20)31-3)29-12-4-11-25-29/h4,7,10-14,17,19,30H,5-6,8-9H2,1-3H3/t17-,19+. The van der Waals surface area contributed by atoms with Gasteiger partial charge in [0.1, 0.15) is 11.3 Å². The van der Waals surface area contributed by atoms with Gasteiger partial charge < -0.3 is 14.4 Å². The van der Waals surface area contributed by atoms with Crippen molar-refractivity contribution in [3.05, 3.63) is 54.1 Å². The van der Waals surface area contributed by atoms with Crippen molar-refractivity contribution in [2.75, 3.05) is 7.11 Å². The van der Waals surface area contributed by atoms with Gasteiger partial charge in [0.25, 0.3) is 0 Å². The smallest absolute Gasteiger partial charge is 0.159 e. The molecule has 1 N–H and O–H groups in total. The number of aliphatic hydroxyl groups is 1. The lowest BCUT2D eigenvalue weighted by atomic mass is 9.93. The third kappa shape index (κ3) is 3.49. The Labute approximate surface area is 181 Å². The molecule has 7 heteroatoms. The molecule has 0 saturated heterocycles. The number of nitrogens with zero attached hydrogens (tertiary/aromatic N) is 5. The van der Waals surface area contributed by atoms with Crippen molar-refractivity contribution in [1.82, 2.24) is 24.3 Å². The molecule has 0 spiro atoms. The maximum absolute atomic E-state index is 9.87. The van der Waals surface area contributed by atoms with Crippen molar-refractivity contribution in [1.29, 1.82) is 0 Å². The van der Waals surface area contributed by atoms with Gasteiger partial charge in [0, 0.05) is 36.3 Å². The monoisotopic (exact) mass is 417 g/mol. The second-order valence-corrected chi connectivity index (χ2v) is 8.35. The molecule has 0 bridgehead atoms. The maximum Gasteiger partial charge on any atom is 0.159 e. The van der Waals surface area contributed by atoms with Crippen LogP contribution < -0.4 is 4.74 Å². The number of aromatic nitrogens is 5. The zero-order chi connectivity index (χ0) is 21.5. The molecule has 0 unspecified atom stereocenters. The van der Waals surface area contributed by atoms with Gasteiger partial charge in [-0.15, -0.1) is 0 Å². The molecule has 1 aliphatic rings. The molecule has 0 radical (unpaired) electrons. The summed E-state index contributed by atoms with van der Waals surface area (Å²) in [5, 5.41) is 14.2. The molecule has 31 heavy (non-hydrogen) atoms. The third-order valence-electron chi connectivity index (χ3n) is 6.27. The van der Waals surface area contributed by atoms with E-state index in [1.165, 1.54) is 0 Å². The second kappa shape index (κ2) is 7.81. The molecule has 1 aromatic carbocycles. The molecule has 0 atom stereocenters. The van der Waals surface area contributed by atoms with Gasteiger partial charge in [0.05, 0.1) is 30.3 Å². The lowest BCUT2D eigenvalue weighted by molar-refractivity contribution is 0.111. The molecule has 160 valence electrons. The van der Waals surface area contributed by atoms with Gasteiger partial charge in [-0.2, -0.15) is 5.10 Å². The van der Waals surface area contributed by atoms with E-state index in [-0.39, 0.29) is 6.10 Å². The van der Waals surface area contributed by atoms with E-state index in [9.17, 15) is 5.11 Å². The maximum atomic E-state index is 9.87. The first-order chi connectivity index (χ1) is 15.0. The van der Waals surface area contributed by atoms with E-state index in [0.717, 1.165) is 70.8 Å². The summed E-state index contributed by atoms with van der Waals surface area (Å²) in [6.07, 6.45) is 9.27. The summed E-state index contributed by atoms with van der Waals surface area (Å²) in [4.78, 5) is 10.0. The molecular weight excluding hydrogens is 390 g/mol. The fraction of sp³-hybridized carbons (Fsp3) is 0.375. The minimum absolute atomic E-state index is 0.171. The van der Waals surface area contributed by atoms with Crippen molar-refractivity contribution in [2.24, 2.45) is 0 Å². The fourth-order valence-electron chi connectivity index (χ4n) is 4.59. The summed E-state index contributed by atoms with van der Waals surface area (Å²) in [6, 6.07) is 8.26. The van der Waals surface area contributed by atoms with Gasteiger partial charge in [-0.25, -0.2) is 14.6 Å². The largest absolute Gasteiger partial charge is 0.496 e. The van der Waals surface area contributed by atoms with Crippen LogP contribution in [0.25, 0.3) is 28.1 Å². The predicted molar refractivity (Wildman–Crippen MR) is 120 cm³/mol. The van der Waals surface area contributed by atoms with Gasteiger partial charge in [-0.05, 0) is 63.3 Å². The number of ether oxygens (including phenoxy) is 1. The minimum atomic E-state index is -0.171. The Bertz CT molecular complexity index is 1220. The highest BCUT2D eigenvalue weighted by Gasteiger charge is 2.24. The SMILES string of the molecule is COc1cc(-n2cccn2)ccc1-c1nc2c(C)cn([C@H]3CC[C@@H](O)CC3)c2nc1C.